The average molecular weight is 428 g/mol. The summed E-state index contributed by atoms with van der Waals surface area (Å²) in [4.78, 5) is 11.0. The number of carbonyl (C=O) groups is 1. The van der Waals surface area contributed by atoms with Crippen LogP contribution in [-0.2, 0) is 14.8 Å². The predicted molar refractivity (Wildman–Crippen MR) is 85.0 cm³/mol. The molecule has 0 spiro atoms. The summed E-state index contributed by atoms with van der Waals surface area (Å²) in [5.41, 5.74) is 0. The van der Waals surface area contributed by atoms with Crippen LogP contribution in [0.3, 0.4) is 0 Å². The fraction of sp³-hybridized carbons (Fsp3) is 0.417. The molecule has 1 N–H and O–H groups in total. The van der Waals surface area contributed by atoms with Crippen molar-refractivity contribution in [2.45, 2.75) is 18.2 Å². The van der Waals surface area contributed by atoms with Crippen LogP contribution in [0.2, 0.25) is 0 Å². The van der Waals surface area contributed by atoms with Crippen molar-refractivity contribution in [3.63, 3.8) is 0 Å². The van der Waals surface area contributed by atoms with E-state index in [-0.39, 0.29) is 10.8 Å². The average Bonchev–Trinajstić information content (AvgIpc) is 2.36. The fourth-order valence-corrected chi connectivity index (χ4v) is 4.20. The molecule has 1 aromatic carbocycles. The first-order valence-corrected chi connectivity index (χ1v) is 8.93. The normalized spacial score (nSPS) is 11.7. The highest BCUT2D eigenvalue weighted by Gasteiger charge is 2.23. The molecule has 1 rings (SSSR count). The van der Waals surface area contributed by atoms with Crippen molar-refractivity contribution in [1.82, 2.24) is 9.62 Å². The van der Waals surface area contributed by atoms with Gasteiger partial charge in [0.2, 0.25) is 15.9 Å². The lowest BCUT2D eigenvalue weighted by Gasteiger charge is -2.18. The largest absolute Gasteiger partial charge is 0.356 e. The molecule has 0 saturated heterocycles. The molecule has 20 heavy (non-hydrogen) atoms. The van der Waals surface area contributed by atoms with Gasteiger partial charge in [0.1, 0.15) is 0 Å². The summed E-state index contributed by atoms with van der Waals surface area (Å²) in [6.45, 7) is 2.22. The van der Waals surface area contributed by atoms with Crippen LogP contribution in [0.15, 0.2) is 32.0 Å². The Morgan fingerprint density at radius 3 is 2.60 bits per heavy atom. The molecule has 0 bridgehead atoms. The molecule has 0 unspecified atom stereocenters. The van der Waals surface area contributed by atoms with E-state index in [1.165, 1.54) is 18.3 Å². The van der Waals surface area contributed by atoms with Gasteiger partial charge >= 0.3 is 0 Å². The van der Waals surface area contributed by atoms with Crippen molar-refractivity contribution in [1.29, 1.82) is 0 Å². The molecule has 0 atom stereocenters. The summed E-state index contributed by atoms with van der Waals surface area (Å²) in [5.74, 6) is -0.120. The standard InChI is InChI=1S/C12H16Br2N2O3S/c1-9(17)15-6-3-7-16(2)20(18,19)12-8-10(13)4-5-11(12)14/h4-5,8H,3,6-7H2,1-2H3,(H,15,17). The number of amides is 1. The van der Waals surface area contributed by atoms with Crippen molar-refractivity contribution in [2.24, 2.45) is 0 Å². The molecule has 1 aromatic rings. The lowest BCUT2D eigenvalue weighted by Crippen LogP contribution is -2.31. The maximum atomic E-state index is 12.4. The molecule has 0 radical (unpaired) electrons. The molecule has 8 heteroatoms. The van der Waals surface area contributed by atoms with E-state index in [0.29, 0.717) is 28.5 Å². The Labute approximate surface area is 136 Å². The van der Waals surface area contributed by atoms with Gasteiger partial charge in [-0.1, -0.05) is 15.9 Å². The van der Waals surface area contributed by atoms with Crippen molar-refractivity contribution in [3.05, 3.63) is 27.1 Å². The molecule has 0 aliphatic heterocycles. The zero-order valence-electron chi connectivity index (χ0n) is 11.2. The first-order valence-electron chi connectivity index (χ1n) is 5.91. The molecule has 0 aliphatic carbocycles. The summed E-state index contributed by atoms with van der Waals surface area (Å²) >= 11 is 6.52. The van der Waals surface area contributed by atoms with E-state index in [2.05, 4.69) is 37.2 Å². The number of nitrogens with one attached hydrogen (secondary N) is 1. The highest BCUT2D eigenvalue weighted by atomic mass is 79.9. The van der Waals surface area contributed by atoms with Gasteiger partial charge in [-0.15, -0.1) is 0 Å². The minimum Gasteiger partial charge on any atom is -0.356 e. The molecule has 0 aromatic heterocycles. The Bertz CT molecular complexity index is 590. The van der Waals surface area contributed by atoms with Crippen molar-refractivity contribution in [3.8, 4) is 0 Å². The minimum absolute atomic E-state index is 0.120. The predicted octanol–water partition coefficient (Wildman–Crippen LogP) is 2.36. The van der Waals surface area contributed by atoms with Crippen LogP contribution in [0.4, 0.5) is 0 Å². The molecular weight excluding hydrogens is 412 g/mol. The maximum Gasteiger partial charge on any atom is 0.243 e. The van der Waals surface area contributed by atoms with E-state index in [1.54, 1.807) is 18.2 Å². The van der Waals surface area contributed by atoms with Crippen LogP contribution in [0.5, 0.6) is 0 Å². The van der Waals surface area contributed by atoms with Crippen LogP contribution in [-0.4, -0.2) is 38.8 Å². The van der Waals surface area contributed by atoms with Crippen LogP contribution < -0.4 is 5.32 Å². The maximum absolute atomic E-state index is 12.4. The number of sulfonamides is 1. The van der Waals surface area contributed by atoms with Crippen LogP contribution in [0.25, 0.3) is 0 Å². The molecule has 0 fully saturated rings. The quantitative estimate of drug-likeness (QED) is 0.708. The molecule has 0 aliphatic rings. The Kier molecular flexibility index (Phi) is 6.63. The first-order chi connectivity index (χ1) is 9.25. The summed E-state index contributed by atoms with van der Waals surface area (Å²) in [7, 11) is -2.02. The summed E-state index contributed by atoms with van der Waals surface area (Å²) in [6.07, 6.45) is 0.556. The third-order valence-corrected chi connectivity index (χ3v) is 5.95. The Morgan fingerprint density at radius 1 is 1.35 bits per heavy atom. The highest BCUT2D eigenvalue weighted by molar-refractivity contribution is 9.11. The minimum atomic E-state index is -3.55. The van der Waals surface area contributed by atoms with E-state index >= 15 is 0 Å². The van der Waals surface area contributed by atoms with Crippen LogP contribution in [0.1, 0.15) is 13.3 Å². The lowest BCUT2D eigenvalue weighted by molar-refractivity contribution is -0.118. The van der Waals surface area contributed by atoms with Gasteiger partial charge in [0.15, 0.2) is 0 Å². The van der Waals surface area contributed by atoms with Gasteiger partial charge in [-0.2, -0.15) is 0 Å². The third-order valence-electron chi connectivity index (χ3n) is 2.61. The molecule has 0 heterocycles. The summed E-state index contributed by atoms with van der Waals surface area (Å²) in [6, 6.07) is 5.01. The van der Waals surface area contributed by atoms with E-state index in [4.69, 9.17) is 0 Å². The number of hydrogen-bond acceptors (Lipinski definition) is 3. The van der Waals surface area contributed by atoms with E-state index in [9.17, 15) is 13.2 Å². The van der Waals surface area contributed by atoms with Crippen molar-refractivity contribution in [2.75, 3.05) is 20.1 Å². The molecule has 112 valence electrons. The van der Waals surface area contributed by atoms with Crippen LogP contribution >= 0.6 is 31.9 Å². The number of carbonyl (C=O) groups excluding carboxylic acids is 1. The molecule has 5 nitrogen and oxygen atoms in total. The molecular formula is C12H16Br2N2O3S. The molecule has 1 amide bonds. The lowest BCUT2D eigenvalue weighted by atomic mass is 10.4. The number of hydrogen-bond donors (Lipinski definition) is 1. The van der Waals surface area contributed by atoms with Gasteiger partial charge in [0.25, 0.3) is 0 Å². The molecule has 0 saturated carbocycles. The van der Waals surface area contributed by atoms with Gasteiger partial charge in [-0.25, -0.2) is 12.7 Å². The first kappa shape index (κ1) is 17.6. The Morgan fingerprint density at radius 2 is 2.00 bits per heavy atom. The topological polar surface area (TPSA) is 66.5 Å². The van der Waals surface area contributed by atoms with Gasteiger partial charge in [-0.3, -0.25) is 4.79 Å². The highest BCUT2D eigenvalue weighted by Crippen LogP contribution is 2.27. The number of halogens is 2. The van der Waals surface area contributed by atoms with Gasteiger partial charge in [0, 0.05) is 36.0 Å². The zero-order valence-corrected chi connectivity index (χ0v) is 15.2. The Balaban J connectivity index is 2.77. The smallest absolute Gasteiger partial charge is 0.243 e. The third kappa shape index (κ3) is 4.83. The van der Waals surface area contributed by atoms with Gasteiger partial charge < -0.3 is 5.32 Å². The monoisotopic (exact) mass is 426 g/mol. The summed E-state index contributed by atoms with van der Waals surface area (Å²) < 4.78 is 27.3. The van der Waals surface area contributed by atoms with Gasteiger partial charge in [-0.05, 0) is 40.5 Å². The number of benzene rings is 1. The van der Waals surface area contributed by atoms with Crippen LogP contribution in [0, 0.1) is 0 Å². The second-order valence-corrected chi connectivity index (χ2v) is 8.02. The Hall–Kier alpha value is -0.440. The summed E-state index contributed by atoms with van der Waals surface area (Å²) in [5, 5.41) is 2.64. The van der Waals surface area contributed by atoms with Crippen molar-refractivity contribution >= 4 is 47.8 Å². The van der Waals surface area contributed by atoms with Gasteiger partial charge in [0.05, 0.1) is 4.90 Å². The second-order valence-electron chi connectivity index (χ2n) is 4.24. The second kappa shape index (κ2) is 7.53. The zero-order chi connectivity index (χ0) is 15.3. The van der Waals surface area contributed by atoms with E-state index < -0.39 is 10.0 Å². The van der Waals surface area contributed by atoms with Crippen molar-refractivity contribution < 1.29 is 13.2 Å². The SMILES string of the molecule is CC(=O)NCCCN(C)S(=O)(=O)c1cc(Br)ccc1Br. The number of nitrogens with zero attached hydrogens (tertiary/aromatic N) is 1. The van der Waals surface area contributed by atoms with E-state index in [0.717, 1.165) is 0 Å². The van der Waals surface area contributed by atoms with E-state index in [1.807, 2.05) is 0 Å². The fourth-order valence-electron chi connectivity index (χ4n) is 1.53. The number of rotatable bonds is 6.